The summed E-state index contributed by atoms with van der Waals surface area (Å²) in [6.45, 7) is 2.62. The molecule has 1 atom stereocenters. The summed E-state index contributed by atoms with van der Waals surface area (Å²) in [6, 6.07) is 18.0. The third-order valence-corrected chi connectivity index (χ3v) is 7.59. The van der Waals surface area contributed by atoms with E-state index in [0.29, 0.717) is 52.0 Å². The van der Waals surface area contributed by atoms with E-state index in [1.807, 2.05) is 54.6 Å². The quantitative estimate of drug-likeness (QED) is 0.385. The van der Waals surface area contributed by atoms with Gasteiger partial charge in [0.15, 0.2) is 0 Å². The van der Waals surface area contributed by atoms with Gasteiger partial charge in [-0.2, -0.15) is 0 Å². The maximum atomic E-state index is 13.3. The summed E-state index contributed by atoms with van der Waals surface area (Å²) in [7, 11) is 0. The third-order valence-electron chi connectivity index (χ3n) is 6.49. The molecule has 1 unspecified atom stereocenters. The number of carbonyl (C=O) groups excluding carboxylic acids is 3. The minimum atomic E-state index is -0.368. The van der Waals surface area contributed by atoms with Crippen LogP contribution in [0.3, 0.4) is 0 Å². The molecule has 0 saturated carbocycles. The topological polar surface area (TPSA) is 104 Å². The number of ether oxygens (including phenoxy) is 1. The molecular weight excluding hydrogens is 490 g/mol. The summed E-state index contributed by atoms with van der Waals surface area (Å²) in [5.74, 6) is 1.09. The highest BCUT2D eigenvalue weighted by atomic mass is 32.1. The molecule has 9 nitrogen and oxygen atoms in total. The van der Waals surface area contributed by atoms with Crippen molar-refractivity contribution in [2.45, 2.75) is 19.4 Å². The number of benzene rings is 2. The average Bonchev–Trinajstić information content (AvgIpc) is 3.51. The number of pyridine rings is 1. The minimum absolute atomic E-state index is 0.00504. The fraction of sp³-hybridized carbons (Fsp3) is 0.185. The van der Waals surface area contributed by atoms with Gasteiger partial charge in [0.25, 0.3) is 5.91 Å². The first-order chi connectivity index (χ1) is 18.0. The molecule has 4 aromatic rings. The van der Waals surface area contributed by atoms with Gasteiger partial charge in [-0.05, 0) is 48.9 Å². The second kappa shape index (κ2) is 9.21. The number of amides is 4. The van der Waals surface area contributed by atoms with Crippen LogP contribution in [0.2, 0.25) is 0 Å². The lowest BCUT2D eigenvalue weighted by molar-refractivity contribution is -0.127. The number of nitrogens with zero attached hydrogens (tertiary/aromatic N) is 3. The van der Waals surface area contributed by atoms with Gasteiger partial charge in [-0.15, -0.1) is 11.3 Å². The molecule has 2 aliphatic heterocycles. The zero-order valence-corrected chi connectivity index (χ0v) is 20.7. The average molecular weight is 514 g/mol. The second-order valence-corrected chi connectivity index (χ2v) is 9.91. The molecule has 2 N–H and O–H groups in total. The Morgan fingerprint density at radius 3 is 2.57 bits per heavy atom. The molecule has 2 aromatic carbocycles. The normalized spacial score (nSPS) is 16.6. The number of hydrogen-bond donors (Lipinski definition) is 2. The van der Waals surface area contributed by atoms with Crippen molar-refractivity contribution in [3.05, 3.63) is 71.7 Å². The van der Waals surface area contributed by atoms with E-state index in [9.17, 15) is 14.4 Å². The molecule has 186 valence electrons. The number of rotatable bonds is 5. The lowest BCUT2D eigenvalue weighted by Crippen LogP contribution is -2.38. The molecule has 37 heavy (non-hydrogen) atoms. The molecule has 0 bridgehead atoms. The van der Waals surface area contributed by atoms with Crippen molar-refractivity contribution in [3.8, 4) is 11.5 Å². The molecule has 2 aromatic heterocycles. The number of hydrogen-bond acceptors (Lipinski definition) is 6. The lowest BCUT2D eigenvalue weighted by Gasteiger charge is -2.28. The number of anilines is 3. The molecule has 1 saturated heterocycles. The van der Waals surface area contributed by atoms with Crippen molar-refractivity contribution >= 4 is 56.5 Å². The smallest absolute Gasteiger partial charge is 0.331 e. The Bertz CT molecular complexity index is 1520. The molecule has 6 rings (SSSR count). The third kappa shape index (κ3) is 4.25. The van der Waals surface area contributed by atoms with Crippen molar-refractivity contribution in [2.24, 2.45) is 0 Å². The van der Waals surface area contributed by atoms with Gasteiger partial charge in [-0.1, -0.05) is 18.2 Å². The Balaban J connectivity index is 1.28. The van der Waals surface area contributed by atoms with Crippen LogP contribution in [0.1, 0.15) is 23.0 Å². The summed E-state index contributed by atoms with van der Waals surface area (Å²) >= 11 is 1.24. The lowest BCUT2D eigenvalue weighted by atomic mass is 10.1. The highest BCUT2D eigenvalue weighted by Gasteiger charge is 2.34. The fourth-order valence-electron chi connectivity index (χ4n) is 4.70. The van der Waals surface area contributed by atoms with E-state index in [0.717, 1.165) is 11.1 Å². The van der Waals surface area contributed by atoms with Gasteiger partial charge < -0.3 is 20.3 Å². The van der Waals surface area contributed by atoms with Crippen LogP contribution in [0.15, 0.2) is 66.9 Å². The van der Waals surface area contributed by atoms with Crippen molar-refractivity contribution in [2.75, 3.05) is 23.3 Å². The van der Waals surface area contributed by atoms with Gasteiger partial charge in [0, 0.05) is 32.3 Å². The molecule has 0 radical (unpaired) electrons. The molecule has 1 fully saturated rings. The molecule has 4 amide bonds. The Hall–Kier alpha value is -4.44. The van der Waals surface area contributed by atoms with E-state index >= 15 is 0 Å². The van der Waals surface area contributed by atoms with Crippen molar-refractivity contribution in [1.82, 2.24) is 15.2 Å². The zero-order valence-electron chi connectivity index (χ0n) is 19.9. The molecule has 2 aliphatic rings. The van der Waals surface area contributed by atoms with E-state index in [2.05, 4.69) is 15.6 Å². The molecular formula is C27H23N5O4S. The summed E-state index contributed by atoms with van der Waals surface area (Å²) < 4.78 is 5.87. The van der Waals surface area contributed by atoms with Crippen LogP contribution in [-0.4, -0.2) is 46.9 Å². The predicted octanol–water partition coefficient (Wildman–Crippen LogP) is 5.12. The Morgan fingerprint density at radius 2 is 1.84 bits per heavy atom. The first-order valence-electron chi connectivity index (χ1n) is 11.9. The first-order valence-corrected chi connectivity index (χ1v) is 12.7. The molecule has 0 aliphatic carbocycles. The van der Waals surface area contributed by atoms with Crippen LogP contribution in [0.5, 0.6) is 11.5 Å². The van der Waals surface area contributed by atoms with Crippen LogP contribution in [0.4, 0.5) is 21.9 Å². The summed E-state index contributed by atoms with van der Waals surface area (Å²) in [5, 5.41) is 6.64. The van der Waals surface area contributed by atoms with Gasteiger partial charge in [0.05, 0.1) is 22.4 Å². The van der Waals surface area contributed by atoms with Crippen LogP contribution >= 0.6 is 11.3 Å². The molecule has 4 heterocycles. The maximum absolute atomic E-state index is 13.3. The predicted molar refractivity (Wildman–Crippen MR) is 142 cm³/mol. The number of thiophene rings is 1. The monoisotopic (exact) mass is 513 g/mol. The molecule has 0 spiro atoms. The van der Waals surface area contributed by atoms with E-state index in [1.54, 1.807) is 22.1 Å². The van der Waals surface area contributed by atoms with Gasteiger partial charge in [0.1, 0.15) is 21.2 Å². The maximum Gasteiger partial charge on any atom is 0.331 e. The van der Waals surface area contributed by atoms with Gasteiger partial charge >= 0.3 is 6.03 Å². The van der Waals surface area contributed by atoms with Crippen molar-refractivity contribution in [1.29, 1.82) is 0 Å². The Kier molecular flexibility index (Phi) is 5.72. The fourth-order valence-corrected chi connectivity index (χ4v) is 5.73. The van der Waals surface area contributed by atoms with Crippen molar-refractivity contribution in [3.63, 3.8) is 0 Å². The van der Waals surface area contributed by atoms with E-state index in [1.165, 1.54) is 18.3 Å². The largest absolute Gasteiger partial charge is 0.457 e. The van der Waals surface area contributed by atoms with Gasteiger partial charge in [-0.3, -0.25) is 14.5 Å². The van der Waals surface area contributed by atoms with Crippen LogP contribution < -0.4 is 20.3 Å². The number of aromatic nitrogens is 1. The second-order valence-electron chi connectivity index (χ2n) is 8.92. The van der Waals surface area contributed by atoms with Gasteiger partial charge in [-0.25, -0.2) is 9.78 Å². The highest BCUT2D eigenvalue weighted by Crippen LogP contribution is 2.45. The summed E-state index contributed by atoms with van der Waals surface area (Å²) in [5.41, 5.74) is 1.77. The van der Waals surface area contributed by atoms with Crippen LogP contribution in [-0.2, 0) is 4.79 Å². The van der Waals surface area contributed by atoms with E-state index in [-0.39, 0.29) is 23.9 Å². The number of para-hydroxylation sites is 1. The number of nitrogens with one attached hydrogen (secondary N) is 2. The van der Waals surface area contributed by atoms with E-state index in [4.69, 9.17) is 4.74 Å². The standard InChI is InChI=1S/C27H23N5O4S/c1-16(33)31-14-12-17(15-31)29-25(34)24-23-22-21(11-13-28-26(22)37-24)32(27(35)30-23)18-7-9-20(10-8-18)36-19-5-3-2-4-6-19/h2-11,13,17H,12,14-15H2,1H3,(H,29,34)(H,30,35). The Morgan fingerprint density at radius 1 is 1.08 bits per heavy atom. The van der Waals surface area contributed by atoms with Crippen LogP contribution in [0, 0.1) is 0 Å². The minimum Gasteiger partial charge on any atom is -0.457 e. The Labute approximate surface area is 216 Å². The molecule has 10 heteroatoms. The zero-order chi connectivity index (χ0) is 25.5. The van der Waals surface area contributed by atoms with Crippen molar-refractivity contribution < 1.29 is 19.1 Å². The SMILES string of the molecule is CC(=O)N1CCC(NC(=O)c2sc3nccc4c3c2NC(=O)N4c2ccc(Oc3ccccc3)cc2)C1. The first kappa shape index (κ1) is 23.0. The van der Waals surface area contributed by atoms with Gasteiger partial charge in [0.2, 0.25) is 5.91 Å². The van der Waals surface area contributed by atoms with Crippen LogP contribution in [0.25, 0.3) is 10.2 Å². The van der Waals surface area contributed by atoms with E-state index < -0.39 is 0 Å². The summed E-state index contributed by atoms with van der Waals surface area (Å²) in [6.07, 6.45) is 2.33. The number of carbonyl (C=O) groups is 3. The number of urea groups is 1. The summed E-state index contributed by atoms with van der Waals surface area (Å²) in [4.78, 5) is 46.9. The highest BCUT2D eigenvalue weighted by molar-refractivity contribution is 7.21. The number of likely N-dealkylation sites (tertiary alicyclic amines) is 1.